The summed E-state index contributed by atoms with van der Waals surface area (Å²) in [5.74, 6) is 0.810. The summed E-state index contributed by atoms with van der Waals surface area (Å²) in [5.41, 5.74) is 1.95. The maximum absolute atomic E-state index is 8.87. The van der Waals surface area contributed by atoms with Crippen molar-refractivity contribution in [2.75, 3.05) is 0 Å². The lowest BCUT2D eigenvalue weighted by molar-refractivity contribution is 0.306. The third-order valence-electron chi connectivity index (χ3n) is 3.25. The molecule has 2 nitrogen and oxygen atoms in total. The number of rotatable bonds is 5. The van der Waals surface area contributed by atoms with Crippen LogP contribution in [0.4, 0.5) is 0 Å². The van der Waals surface area contributed by atoms with Crippen molar-refractivity contribution in [3.63, 3.8) is 0 Å². The molecule has 2 aromatic carbocycles. The fourth-order valence-electron chi connectivity index (χ4n) is 1.92. The van der Waals surface area contributed by atoms with Crippen molar-refractivity contribution in [2.45, 2.75) is 26.2 Å². The second-order valence-corrected chi connectivity index (χ2v) is 11.0. The summed E-state index contributed by atoms with van der Waals surface area (Å²) in [6.07, 6.45) is 0. The van der Waals surface area contributed by atoms with Gasteiger partial charge in [0.05, 0.1) is 8.07 Å². The van der Waals surface area contributed by atoms with Gasteiger partial charge in [0, 0.05) is 0 Å². The van der Waals surface area contributed by atoms with Gasteiger partial charge in [-0.1, -0.05) is 61.2 Å². The van der Waals surface area contributed by atoms with E-state index in [9.17, 15) is 0 Å². The summed E-state index contributed by atoms with van der Waals surface area (Å²) >= 11 is 0. The number of benzene rings is 2. The standard InChI is InChI=1S/C17H21O2Si/c1-20(2,3)17-10-6-15(7-11-17)13-19-16-8-4-14(12-18)5-9-16/h4-12,18H,13H2,1-3H3. The largest absolute Gasteiger partial charge is 0.489 e. The van der Waals surface area contributed by atoms with E-state index in [1.807, 2.05) is 24.3 Å². The van der Waals surface area contributed by atoms with Crippen molar-refractivity contribution in [3.8, 4) is 5.75 Å². The molecule has 0 saturated carbocycles. The molecule has 2 aromatic rings. The molecule has 0 saturated heterocycles. The molecule has 0 unspecified atom stereocenters. The Labute approximate surface area is 122 Å². The van der Waals surface area contributed by atoms with E-state index in [-0.39, 0.29) is 0 Å². The lowest BCUT2D eigenvalue weighted by atomic mass is 10.2. The minimum atomic E-state index is -1.22. The van der Waals surface area contributed by atoms with Gasteiger partial charge < -0.3 is 9.84 Å². The first kappa shape index (κ1) is 14.8. The molecule has 0 fully saturated rings. The molecule has 0 aliphatic heterocycles. The van der Waals surface area contributed by atoms with E-state index in [0.717, 1.165) is 17.9 Å². The van der Waals surface area contributed by atoms with Crippen LogP contribution in [-0.2, 0) is 6.61 Å². The first-order valence-electron chi connectivity index (χ1n) is 6.79. The Balaban J connectivity index is 1.96. The first-order chi connectivity index (χ1) is 9.49. The molecule has 3 heteroatoms. The number of aliphatic hydroxyl groups excluding tert-OH is 1. The zero-order valence-corrected chi connectivity index (χ0v) is 13.3. The molecule has 1 N–H and O–H groups in total. The van der Waals surface area contributed by atoms with Crippen molar-refractivity contribution in [2.24, 2.45) is 0 Å². The average molecular weight is 285 g/mol. The van der Waals surface area contributed by atoms with Gasteiger partial charge in [0.2, 0.25) is 0 Å². The monoisotopic (exact) mass is 285 g/mol. The topological polar surface area (TPSA) is 29.5 Å². The predicted molar refractivity (Wildman–Crippen MR) is 85.5 cm³/mol. The fraction of sp³-hybridized carbons (Fsp3) is 0.235. The molecule has 0 aliphatic rings. The van der Waals surface area contributed by atoms with Crippen LogP contribution in [0.25, 0.3) is 0 Å². The molecule has 0 aliphatic carbocycles. The maximum Gasteiger partial charge on any atom is 0.119 e. The van der Waals surface area contributed by atoms with Gasteiger partial charge in [-0.3, -0.25) is 0 Å². The molecule has 0 spiro atoms. The van der Waals surface area contributed by atoms with E-state index >= 15 is 0 Å². The van der Waals surface area contributed by atoms with Gasteiger partial charge in [0.1, 0.15) is 19.0 Å². The zero-order valence-electron chi connectivity index (χ0n) is 12.3. The fourth-order valence-corrected chi connectivity index (χ4v) is 3.08. The molecule has 0 heterocycles. The molecule has 2 rings (SSSR count). The van der Waals surface area contributed by atoms with Crippen molar-refractivity contribution in [1.29, 1.82) is 0 Å². The van der Waals surface area contributed by atoms with E-state index in [1.54, 1.807) is 0 Å². The number of ether oxygens (including phenoxy) is 1. The highest BCUT2D eigenvalue weighted by Gasteiger charge is 2.15. The molecular formula is C17H21O2Si. The van der Waals surface area contributed by atoms with Crippen molar-refractivity contribution < 1.29 is 9.84 Å². The van der Waals surface area contributed by atoms with E-state index in [1.165, 1.54) is 10.8 Å². The second-order valence-electron chi connectivity index (χ2n) is 5.93. The summed E-state index contributed by atoms with van der Waals surface area (Å²) in [5, 5.41) is 10.3. The van der Waals surface area contributed by atoms with Crippen molar-refractivity contribution >= 4 is 13.3 Å². The van der Waals surface area contributed by atoms with Gasteiger partial charge >= 0.3 is 0 Å². The zero-order chi connectivity index (χ0) is 14.6. The van der Waals surface area contributed by atoms with E-state index < -0.39 is 8.07 Å². The van der Waals surface area contributed by atoms with E-state index in [2.05, 4.69) is 43.9 Å². The van der Waals surface area contributed by atoms with Gasteiger partial charge in [0.15, 0.2) is 0 Å². The smallest absolute Gasteiger partial charge is 0.119 e. The minimum absolute atomic E-state index is 0.564. The molecular weight excluding hydrogens is 264 g/mol. The van der Waals surface area contributed by atoms with Crippen LogP contribution in [0.15, 0.2) is 48.5 Å². The van der Waals surface area contributed by atoms with Gasteiger partial charge in [-0.15, -0.1) is 0 Å². The quantitative estimate of drug-likeness (QED) is 0.849. The Morgan fingerprint density at radius 3 is 2.05 bits per heavy atom. The third-order valence-corrected chi connectivity index (χ3v) is 5.32. The summed E-state index contributed by atoms with van der Waals surface area (Å²) in [4.78, 5) is 0. The molecule has 20 heavy (non-hydrogen) atoms. The second kappa shape index (κ2) is 6.24. The number of aliphatic hydroxyl groups is 1. The van der Waals surface area contributed by atoms with Crippen LogP contribution in [-0.4, -0.2) is 13.2 Å². The SMILES string of the molecule is C[Si](C)(C)c1ccc(COc2ccc([CH]O)cc2)cc1. The van der Waals surface area contributed by atoms with E-state index in [0.29, 0.717) is 6.61 Å². The average Bonchev–Trinajstić information content (AvgIpc) is 2.45. The summed E-state index contributed by atoms with van der Waals surface area (Å²) < 4.78 is 5.73. The van der Waals surface area contributed by atoms with Crippen LogP contribution in [0.2, 0.25) is 19.6 Å². The molecule has 0 bridgehead atoms. The van der Waals surface area contributed by atoms with Gasteiger partial charge in [0.25, 0.3) is 0 Å². The molecule has 1 radical (unpaired) electrons. The van der Waals surface area contributed by atoms with Crippen molar-refractivity contribution in [3.05, 3.63) is 66.3 Å². The summed E-state index contributed by atoms with van der Waals surface area (Å²) in [6.45, 7) is 8.68. The minimum Gasteiger partial charge on any atom is -0.489 e. The van der Waals surface area contributed by atoms with Gasteiger partial charge in [-0.25, -0.2) is 0 Å². The third kappa shape index (κ3) is 3.95. The Kier molecular flexibility index (Phi) is 4.63. The Bertz CT molecular complexity index is 539. The Morgan fingerprint density at radius 2 is 1.55 bits per heavy atom. The lowest BCUT2D eigenvalue weighted by Crippen LogP contribution is -2.37. The van der Waals surface area contributed by atoms with Crippen LogP contribution in [0, 0.1) is 6.61 Å². The molecule has 0 atom stereocenters. The van der Waals surface area contributed by atoms with Gasteiger partial charge in [-0.2, -0.15) is 0 Å². The van der Waals surface area contributed by atoms with Crippen molar-refractivity contribution in [1.82, 2.24) is 0 Å². The van der Waals surface area contributed by atoms with Crippen LogP contribution in [0.1, 0.15) is 11.1 Å². The maximum atomic E-state index is 8.87. The van der Waals surface area contributed by atoms with Crippen LogP contribution in [0.5, 0.6) is 5.75 Å². The number of hydrogen-bond donors (Lipinski definition) is 1. The summed E-state index contributed by atoms with van der Waals surface area (Å²) in [7, 11) is -1.22. The molecule has 0 amide bonds. The van der Waals surface area contributed by atoms with Crippen LogP contribution < -0.4 is 9.92 Å². The lowest BCUT2D eigenvalue weighted by Gasteiger charge is -2.16. The van der Waals surface area contributed by atoms with Crippen LogP contribution >= 0.6 is 0 Å². The normalized spacial score (nSPS) is 11.4. The highest BCUT2D eigenvalue weighted by Crippen LogP contribution is 2.14. The highest BCUT2D eigenvalue weighted by atomic mass is 28.3. The summed E-state index contributed by atoms with van der Waals surface area (Å²) in [6, 6.07) is 16.1. The van der Waals surface area contributed by atoms with E-state index in [4.69, 9.17) is 9.84 Å². The first-order valence-corrected chi connectivity index (χ1v) is 10.3. The Hall–Kier alpha value is -1.58. The predicted octanol–water partition coefficient (Wildman–Crippen LogP) is 3.69. The number of hydrogen-bond acceptors (Lipinski definition) is 2. The Morgan fingerprint density at radius 1 is 0.950 bits per heavy atom. The van der Waals surface area contributed by atoms with Gasteiger partial charge in [-0.05, 0) is 23.3 Å². The molecule has 105 valence electrons. The highest BCUT2D eigenvalue weighted by molar-refractivity contribution is 6.88. The molecule has 0 aromatic heterocycles. The van der Waals surface area contributed by atoms with Crippen LogP contribution in [0.3, 0.4) is 0 Å².